The van der Waals surface area contributed by atoms with Gasteiger partial charge >= 0.3 is 0 Å². The summed E-state index contributed by atoms with van der Waals surface area (Å²) in [6, 6.07) is 12.0. The van der Waals surface area contributed by atoms with E-state index in [1.165, 1.54) is 18.2 Å². The van der Waals surface area contributed by atoms with Gasteiger partial charge < -0.3 is 5.32 Å². The number of hydrogen-bond donors (Lipinski definition) is 1. The molecular formula is C18H20N2O3. The average Bonchev–Trinajstić information content (AvgIpc) is 2.46. The molecule has 5 heteroatoms. The van der Waals surface area contributed by atoms with Gasteiger partial charge in [-0.2, -0.15) is 0 Å². The van der Waals surface area contributed by atoms with E-state index in [2.05, 4.69) is 26.1 Å². The number of benzene rings is 2. The summed E-state index contributed by atoms with van der Waals surface area (Å²) in [5, 5.41) is 13.8. The number of anilines is 1. The third kappa shape index (κ3) is 3.74. The Morgan fingerprint density at radius 2 is 1.78 bits per heavy atom. The Balaban J connectivity index is 2.30. The first-order chi connectivity index (χ1) is 10.7. The fourth-order valence-corrected chi connectivity index (χ4v) is 2.44. The van der Waals surface area contributed by atoms with Crippen molar-refractivity contribution in [3.8, 4) is 0 Å². The number of nitrogens with one attached hydrogen (secondary N) is 1. The summed E-state index contributed by atoms with van der Waals surface area (Å²) in [6.45, 7) is 7.86. The van der Waals surface area contributed by atoms with Crippen LogP contribution in [0.4, 0.5) is 11.4 Å². The van der Waals surface area contributed by atoms with Crippen molar-refractivity contribution in [1.29, 1.82) is 0 Å². The second-order valence-electron chi connectivity index (χ2n) is 6.51. The molecule has 23 heavy (non-hydrogen) atoms. The van der Waals surface area contributed by atoms with Gasteiger partial charge in [0.05, 0.1) is 4.92 Å². The molecule has 0 saturated carbocycles. The molecule has 0 saturated heterocycles. The van der Waals surface area contributed by atoms with Crippen LogP contribution in [0, 0.1) is 17.0 Å². The number of hydrogen-bond acceptors (Lipinski definition) is 3. The molecule has 0 fully saturated rings. The van der Waals surface area contributed by atoms with E-state index < -0.39 is 4.92 Å². The molecule has 5 nitrogen and oxygen atoms in total. The van der Waals surface area contributed by atoms with Crippen LogP contribution in [-0.4, -0.2) is 10.8 Å². The standard InChI is InChI=1S/C18H20N2O3/c1-12-11-13(9-10-16(12)20(22)23)17(21)19-15-8-6-5-7-14(15)18(2,3)4/h5-11H,1-4H3,(H,19,21). The Morgan fingerprint density at radius 3 is 2.35 bits per heavy atom. The van der Waals surface area contributed by atoms with Crippen molar-refractivity contribution in [3.63, 3.8) is 0 Å². The summed E-state index contributed by atoms with van der Waals surface area (Å²) in [6.07, 6.45) is 0. The van der Waals surface area contributed by atoms with Crippen LogP contribution in [0.1, 0.15) is 42.3 Å². The van der Waals surface area contributed by atoms with E-state index in [0.717, 1.165) is 11.3 Å². The lowest BCUT2D eigenvalue weighted by atomic mass is 9.86. The molecule has 0 aliphatic rings. The molecule has 120 valence electrons. The Bertz CT molecular complexity index is 761. The third-order valence-electron chi connectivity index (χ3n) is 3.64. The smallest absolute Gasteiger partial charge is 0.272 e. The van der Waals surface area contributed by atoms with Crippen molar-refractivity contribution in [2.45, 2.75) is 33.1 Å². The molecule has 2 rings (SSSR count). The van der Waals surface area contributed by atoms with Gasteiger partial charge in [-0.1, -0.05) is 39.0 Å². The highest BCUT2D eigenvalue weighted by Gasteiger charge is 2.19. The SMILES string of the molecule is Cc1cc(C(=O)Nc2ccccc2C(C)(C)C)ccc1[N+](=O)[O-]. The molecular weight excluding hydrogens is 292 g/mol. The number of amides is 1. The van der Waals surface area contributed by atoms with Crippen molar-refractivity contribution in [2.24, 2.45) is 0 Å². The minimum atomic E-state index is -0.452. The van der Waals surface area contributed by atoms with Gasteiger partial charge in [0.1, 0.15) is 0 Å². The lowest BCUT2D eigenvalue weighted by molar-refractivity contribution is -0.385. The fourth-order valence-electron chi connectivity index (χ4n) is 2.44. The van der Waals surface area contributed by atoms with E-state index in [-0.39, 0.29) is 17.0 Å². The number of nitro groups is 1. The van der Waals surface area contributed by atoms with Gasteiger partial charge in [-0.05, 0) is 36.1 Å². The summed E-state index contributed by atoms with van der Waals surface area (Å²) >= 11 is 0. The zero-order valence-corrected chi connectivity index (χ0v) is 13.7. The normalized spacial score (nSPS) is 11.1. The van der Waals surface area contributed by atoms with Crippen molar-refractivity contribution in [1.82, 2.24) is 0 Å². The fraction of sp³-hybridized carbons (Fsp3) is 0.278. The van der Waals surface area contributed by atoms with Crippen LogP contribution >= 0.6 is 0 Å². The molecule has 0 bridgehead atoms. The molecule has 0 heterocycles. The van der Waals surface area contributed by atoms with Crippen LogP contribution in [0.5, 0.6) is 0 Å². The highest BCUT2D eigenvalue weighted by Crippen LogP contribution is 2.29. The number of carbonyl (C=O) groups is 1. The van der Waals surface area contributed by atoms with Gasteiger partial charge in [-0.3, -0.25) is 14.9 Å². The maximum absolute atomic E-state index is 12.4. The average molecular weight is 312 g/mol. The van der Waals surface area contributed by atoms with Crippen LogP contribution in [0.2, 0.25) is 0 Å². The Morgan fingerprint density at radius 1 is 1.13 bits per heavy atom. The van der Waals surface area contributed by atoms with E-state index >= 15 is 0 Å². The molecule has 1 N–H and O–H groups in total. The van der Waals surface area contributed by atoms with Gasteiger partial charge in [0.15, 0.2) is 0 Å². The van der Waals surface area contributed by atoms with Crippen molar-refractivity contribution < 1.29 is 9.72 Å². The second-order valence-corrected chi connectivity index (χ2v) is 6.51. The maximum Gasteiger partial charge on any atom is 0.272 e. The van der Waals surface area contributed by atoms with Gasteiger partial charge in [-0.25, -0.2) is 0 Å². The Hall–Kier alpha value is -2.69. The number of carbonyl (C=O) groups excluding carboxylic acids is 1. The first-order valence-corrected chi connectivity index (χ1v) is 7.36. The first kappa shape index (κ1) is 16.7. The van der Waals surface area contributed by atoms with E-state index in [1.807, 2.05) is 24.3 Å². The molecule has 2 aromatic rings. The van der Waals surface area contributed by atoms with E-state index in [1.54, 1.807) is 6.92 Å². The highest BCUT2D eigenvalue weighted by atomic mass is 16.6. The topological polar surface area (TPSA) is 72.2 Å². The molecule has 0 aliphatic heterocycles. The summed E-state index contributed by atoms with van der Waals surface area (Å²) in [5.41, 5.74) is 2.56. The molecule has 0 radical (unpaired) electrons. The monoisotopic (exact) mass is 312 g/mol. The lowest BCUT2D eigenvalue weighted by Crippen LogP contribution is -2.18. The highest BCUT2D eigenvalue weighted by molar-refractivity contribution is 6.05. The van der Waals surface area contributed by atoms with Crippen LogP contribution in [-0.2, 0) is 5.41 Å². The zero-order chi connectivity index (χ0) is 17.2. The molecule has 0 aliphatic carbocycles. The summed E-state index contributed by atoms with van der Waals surface area (Å²) in [7, 11) is 0. The van der Waals surface area contributed by atoms with Crippen molar-refractivity contribution in [3.05, 3.63) is 69.3 Å². The number of rotatable bonds is 3. The third-order valence-corrected chi connectivity index (χ3v) is 3.64. The predicted octanol–water partition coefficient (Wildman–Crippen LogP) is 4.45. The van der Waals surface area contributed by atoms with Crippen molar-refractivity contribution in [2.75, 3.05) is 5.32 Å². The Labute approximate surface area is 135 Å². The van der Waals surface area contributed by atoms with Crippen molar-refractivity contribution >= 4 is 17.3 Å². The minimum absolute atomic E-state index is 0.0108. The minimum Gasteiger partial charge on any atom is -0.322 e. The van der Waals surface area contributed by atoms with Crippen LogP contribution < -0.4 is 5.32 Å². The summed E-state index contributed by atoms with van der Waals surface area (Å²) in [5.74, 6) is -0.278. The molecule has 0 spiro atoms. The molecule has 0 aromatic heterocycles. The number of nitrogens with zero attached hydrogens (tertiary/aromatic N) is 1. The number of aryl methyl sites for hydroxylation is 1. The molecule has 1 amide bonds. The number of para-hydroxylation sites is 1. The largest absolute Gasteiger partial charge is 0.322 e. The molecule has 0 atom stereocenters. The lowest BCUT2D eigenvalue weighted by Gasteiger charge is -2.23. The van der Waals surface area contributed by atoms with E-state index in [0.29, 0.717) is 11.1 Å². The predicted molar refractivity (Wildman–Crippen MR) is 90.9 cm³/mol. The second kappa shape index (κ2) is 6.20. The van der Waals surface area contributed by atoms with Crippen LogP contribution in [0.25, 0.3) is 0 Å². The van der Waals surface area contributed by atoms with E-state index in [9.17, 15) is 14.9 Å². The summed E-state index contributed by atoms with van der Waals surface area (Å²) < 4.78 is 0. The van der Waals surface area contributed by atoms with Crippen LogP contribution in [0.15, 0.2) is 42.5 Å². The maximum atomic E-state index is 12.4. The van der Waals surface area contributed by atoms with Gasteiger partial charge in [0.2, 0.25) is 0 Å². The molecule has 0 unspecified atom stereocenters. The first-order valence-electron chi connectivity index (χ1n) is 7.36. The van der Waals surface area contributed by atoms with Crippen LogP contribution in [0.3, 0.4) is 0 Å². The van der Waals surface area contributed by atoms with Gasteiger partial charge in [-0.15, -0.1) is 0 Å². The van der Waals surface area contributed by atoms with Gasteiger partial charge in [0.25, 0.3) is 11.6 Å². The summed E-state index contributed by atoms with van der Waals surface area (Å²) in [4.78, 5) is 22.8. The zero-order valence-electron chi connectivity index (χ0n) is 13.7. The van der Waals surface area contributed by atoms with E-state index in [4.69, 9.17) is 0 Å². The van der Waals surface area contributed by atoms with Gasteiger partial charge in [0, 0.05) is 22.9 Å². The quantitative estimate of drug-likeness (QED) is 0.672. The molecule has 2 aromatic carbocycles. The Kier molecular flexibility index (Phi) is 4.50. The number of nitro benzene ring substituents is 1.